The lowest BCUT2D eigenvalue weighted by atomic mass is 10.2. The molecule has 0 saturated heterocycles. The van der Waals surface area contributed by atoms with Gasteiger partial charge in [-0.15, -0.1) is 11.8 Å². The van der Waals surface area contributed by atoms with Gasteiger partial charge in [0.2, 0.25) is 0 Å². The van der Waals surface area contributed by atoms with Crippen molar-refractivity contribution in [3.05, 3.63) is 79.9 Å². The van der Waals surface area contributed by atoms with Crippen LogP contribution in [0.5, 0.6) is 0 Å². The summed E-state index contributed by atoms with van der Waals surface area (Å²) in [5.41, 5.74) is 1.73. The first-order chi connectivity index (χ1) is 10.5. The summed E-state index contributed by atoms with van der Waals surface area (Å²) in [6, 6.07) is 12.3. The van der Waals surface area contributed by atoms with Crippen molar-refractivity contribution in [2.45, 2.75) is 5.75 Å². The van der Waals surface area contributed by atoms with Crippen molar-refractivity contribution in [1.82, 2.24) is 0 Å². The first-order valence-electron chi connectivity index (χ1n) is 6.12. The van der Waals surface area contributed by atoms with Crippen molar-refractivity contribution in [2.75, 3.05) is 0 Å². The number of hydrogen-bond donors (Lipinski definition) is 0. The van der Waals surface area contributed by atoms with E-state index in [-0.39, 0.29) is 11.4 Å². The number of hydrogen-bond acceptors (Lipinski definition) is 6. The Morgan fingerprint density at radius 2 is 1.36 bits per heavy atom. The third-order valence-electron chi connectivity index (χ3n) is 2.83. The van der Waals surface area contributed by atoms with E-state index in [1.807, 2.05) is 0 Å². The highest BCUT2D eigenvalue weighted by molar-refractivity contribution is 8.23. The Morgan fingerprint density at radius 1 is 0.909 bits per heavy atom. The lowest BCUT2D eigenvalue weighted by molar-refractivity contribution is -0.385. The van der Waals surface area contributed by atoms with Crippen LogP contribution in [0.3, 0.4) is 0 Å². The molecule has 22 heavy (non-hydrogen) atoms. The topological polar surface area (TPSA) is 86.3 Å². The van der Waals surface area contributed by atoms with E-state index in [9.17, 15) is 20.2 Å². The monoisotopic (exact) mass is 334 g/mol. The Balaban J connectivity index is 1.97. The second-order valence-electron chi connectivity index (χ2n) is 4.30. The molecule has 2 aromatic rings. The zero-order chi connectivity index (χ0) is 16.1. The molecule has 0 aliphatic heterocycles. The van der Waals surface area contributed by atoms with Gasteiger partial charge < -0.3 is 0 Å². The third-order valence-corrected chi connectivity index (χ3v) is 4.40. The Labute approximate surface area is 135 Å². The van der Waals surface area contributed by atoms with E-state index in [2.05, 4.69) is 0 Å². The van der Waals surface area contributed by atoms with Crippen LogP contribution in [-0.2, 0) is 5.75 Å². The van der Waals surface area contributed by atoms with Gasteiger partial charge in [0.1, 0.15) is 0 Å². The summed E-state index contributed by atoms with van der Waals surface area (Å²) in [5, 5.41) is 21.2. The van der Waals surface area contributed by atoms with Gasteiger partial charge in [0.25, 0.3) is 11.4 Å². The number of rotatable bonds is 5. The molecule has 0 heterocycles. The Bertz CT molecular complexity index is 715. The largest absolute Gasteiger partial charge is 0.269 e. The highest BCUT2D eigenvalue weighted by atomic mass is 32.2. The number of non-ortho nitro benzene ring substituents is 2. The standard InChI is InChI=1S/C14H10N2O4S2/c17-15(18)12-5-1-10(2-6-12)9-22-14(21)11-3-7-13(8-4-11)16(19)20/h1-8H,9H2. The zero-order valence-electron chi connectivity index (χ0n) is 11.2. The van der Waals surface area contributed by atoms with Crippen molar-refractivity contribution in [1.29, 1.82) is 0 Å². The smallest absolute Gasteiger partial charge is 0.258 e. The normalized spacial score (nSPS) is 10.2. The van der Waals surface area contributed by atoms with E-state index in [0.717, 1.165) is 11.1 Å². The lowest BCUT2D eigenvalue weighted by Crippen LogP contribution is -1.94. The van der Waals surface area contributed by atoms with E-state index in [1.54, 1.807) is 24.3 Å². The van der Waals surface area contributed by atoms with Crippen molar-refractivity contribution >= 4 is 39.6 Å². The molecule has 6 nitrogen and oxygen atoms in total. The minimum absolute atomic E-state index is 0.0203. The number of nitro benzene ring substituents is 2. The van der Waals surface area contributed by atoms with Crippen LogP contribution in [0.25, 0.3) is 0 Å². The van der Waals surface area contributed by atoms with Crippen LogP contribution in [-0.4, -0.2) is 14.0 Å². The van der Waals surface area contributed by atoms with Crippen LogP contribution in [0.2, 0.25) is 0 Å². The first kappa shape index (κ1) is 16.1. The number of thioether (sulfide) groups is 1. The highest BCUT2D eigenvalue weighted by Gasteiger charge is 2.08. The molecule has 0 saturated carbocycles. The summed E-state index contributed by atoms with van der Waals surface area (Å²) in [6.07, 6.45) is 0. The van der Waals surface area contributed by atoms with Crippen LogP contribution in [0.15, 0.2) is 48.5 Å². The van der Waals surface area contributed by atoms with Gasteiger partial charge in [-0.05, 0) is 23.3 Å². The molecule has 0 bridgehead atoms. The zero-order valence-corrected chi connectivity index (χ0v) is 12.8. The van der Waals surface area contributed by atoms with Gasteiger partial charge >= 0.3 is 0 Å². The molecule has 112 valence electrons. The maximum Gasteiger partial charge on any atom is 0.269 e. The minimum atomic E-state index is -0.461. The van der Waals surface area contributed by atoms with E-state index >= 15 is 0 Å². The fourth-order valence-corrected chi connectivity index (χ4v) is 2.77. The number of benzene rings is 2. The van der Waals surface area contributed by atoms with Crippen LogP contribution in [0, 0.1) is 20.2 Å². The second-order valence-corrected chi connectivity index (χ2v) is 5.96. The maximum absolute atomic E-state index is 10.6. The summed E-state index contributed by atoms with van der Waals surface area (Å²) in [4.78, 5) is 20.3. The fourth-order valence-electron chi connectivity index (χ4n) is 1.67. The Hall–Kier alpha value is -2.32. The van der Waals surface area contributed by atoms with E-state index in [0.29, 0.717) is 9.95 Å². The molecule has 0 amide bonds. The molecule has 0 N–H and O–H groups in total. The molecule has 0 aliphatic rings. The SMILES string of the molecule is O=[N+]([O-])c1ccc(CSC(=S)c2ccc([N+](=O)[O-])cc2)cc1. The first-order valence-corrected chi connectivity index (χ1v) is 7.51. The van der Waals surface area contributed by atoms with E-state index in [1.165, 1.54) is 36.0 Å². The van der Waals surface area contributed by atoms with E-state index in [4.69, 9.17) is 12.2 Å². The molecular weight excluding hydrogens is 324 g/mol. The summed E-state index contributed by atoms with van der Waals surface area (Å²) in [7, 11) is 0. The van der Waals surface area contributed by atoms with Crippen molar-refractivity contribution < 1.29 is 9.85 Å². The molecule has 0 aromatic heterocycles. The number of thiocarbonyl (C=S) groups is 1. The van der Waals surface area contributed by atoms with Gasteiger partial charge in [-0.2, -0.15) is 0 Å². The van der Waals surface area contributed by atoms with Crippen LogP contribution in [0.1, 0.15) is 11.1 Å². The molecule has 0 fully saturated rings. The van der Waals surface area contributed by atoms with Crippen LogP contribution in [0.4, 0.5) is 11.4 Å². The Kier molecular flexibility index (Phi) is 5.18. The molecule has 0 atom stereocenters. The Morgan fingerprint density at radius 3 is 1.82 bits per heavy atom. The second kappa shape index (κ2) is 7.10. The predicted molar refractivity (Wildman–Crippen MR) is 89.2 cm³/mol. The molecular formula is C14H10N2O4S2. The third kappa shape index (κ3) is 4.09. The average Bonchev–Trinajstić information content (AvgIpc) is 2.53. The molecule has 0 aliphatic carbocycles. The maximum atomic E-state index is 10.6. The molecule has 2 rings (SSSR count). The minimum Gasteiger partial charge on any atom is -0.258 e. The molecule has 0 spiro atoms. The predicted octanol–water partition coefficient (Wildman–Crippen LogP) is 4.11. The van der Waals surface area contributed by atoms with E-state index < -0.39 is 9.85 Å². The molecule has 0 unspecified atom stereocenters. The van der Waals surface area contributed by atoms with Crippen molar-refractivity contribution in [2.24, 2.45) is 0 Å². The summed E-state index contributed by atoms with van der Waals surface area (Å²) >= 11 is 6.68. The number of nitro groups is 2. The summed E-state index contributed by atoms with van der Waals surface area (Å²) in [5.74, 6) is 0.577. The van der Waals surface area contributed by atoms with Gasteiger partial charge in [0, 0.05) is 30.0 Å². The quantitative estimate of drug-likeness (QED) is 0.464. The van der Waals surface area contributed by atoms with Gasteiger partial charge in [0.15, 0.2) is 0 Å². The lowest BCUT2D eigenvalue weighted by Gasteiger charge is -2.04. The van der Waals surface area contributed by atoms with Gasteiger partial charge in [-0.25, -0.2) is 0 Å². The highest BCUT2D eigenvalue weighted by Crippen LogP contribution is 2.22. The molecule has 8 heteroatoms. The van der Waals surface area contributed by atoms with Crippen LogP contribution >= 0.6 is 24.0 Å². The molecule has 2 aromatic carbocycles. The molecule has 0 radical (unpaired) electrons. The van der Waals surface area contributed by atoms with Gasteiger partial charge in [0.05, 0.1) is 14.0 Å². The van der Waals surface area contributed by atoms with Crippen molar-refractivity contribution in [3.63, 3.8) is 0 Å². The fraction of sp³-hybridized carbons (Fsp3) is 0.0714. The summed E-state index contributed by atoms with van der Waals surface area (Å²) in [6.45, 7) is 0. The van der Waals surface area contributed by atoms with Crippen LogP contribution < -0.4 is 0 Å². The summed E-state index contributed by atoms with van der Waals surface area (Å²) < 4.78 is 0.619. The number of nitrogens with zero attached hydrogens (tertiary/aromatic N) is 2. The van der Waals surface area contributed by atoms with Gasteiger partial charge in [-0.3, -0.25) is 20.2 Å². The van der Waals surface area contributed by atoms with Crippen molar-refractivity contribution in [3.8, 4) is 0 Å². The van der Waals surface area contributed by atoms with Gasteiger partial charge in [-0.1, -0.05) is 24.4 Å². The average molecular weight is 334 g/mol.